The monoisotopic (exact) mass is 227 g/mol. The summed E-state index contributed by atoms with van der Waals surface area (Å²) < 4.78 is 39.5. The SMILES string of the molecule is CCOC(=O)/C(N=O)=C(\O)CC(F)(F)F. The van der Waals surface area contributed by atoms with E-state index in [0.717, 1.165) is 0 Å². The van der Waals surface area contributed by atoms with Crippen LogP contribution in [-0.2, 0) is 9.53 Å². The molecule has 0 aromatic carbocycles. The molecule has 0 fully saturated rings. The Kier molecular flexibility index (Phi) is 4.75. The lowest BCUT2D eigenvalue weighted by Gasteiger charge is -2.06. The van der Waals surface area contributed by atoms with Gasteiger partial charge in [-0.2, -0.15) is 13.2 Å². The lowest BCUT2D eigenvalue weighted by atomic mass is 10.3. The van der Waals surface area contributed by atoms with Crippen LogP contribution in [0.25, 0.3) is 0 Å². The molecule has 8 heteroatoms. The highest BCUT2D eigenvalue weighted by atomic mass is 19.4. The van der Waals surface area contributed by atoms with Crippen molar-refractivity contribution in [1.82, 2.24) is 0 Å². The fourth-order valence-corrected chi connectivity index (χ4v) is 0.681. The number of nitroso groups, excluding NO2 is 1. The highest BCUT2D eigenvalue weighted by Crippen LogP contribution is 2.25. The number of allylic oxidation sites excluding steroid dienone is 1. The second-order valence-corrected chi connectivity index (χ2v) is 2.40. The normalized spacial score (nSPS) is 13.1. The van der Waals surface area contributed by atoms with Gasteiger partial charge in [-0.15, -0.1) is 4.91 Å². The maximum atomic E-state index is 11.8. The van der Waals surface area contributed by atoms with Crippen LogP contribution in [0.1, 0.15) is 13.3 Å². The van der Waals surface area contributed by atoms with Crippen molar-refractivity contribution in [2.24, 2.45) is 5.18 Å². The van der Waals surface area contributed by atoms with Crippen molar-refractivity contribution in [3.63, 3.8) is 0 Å². The Labute approximate surface area is 82.5 Å². The molecule has 0 heterocycles. The number of nitrogens with zero attached hydrogens (tertiary/aromatic N) is 1. The first-order chi connectivity index (χ1) is 6.81. The van der Waals surface area contributed by atoms with Gasteiger partial charge in [-0.05, 0) is 12.1 Å². The minimum Gasteiger partial charge on any atom is -0.509 e. The van der Waals surface area contributed by atoms with Crippen LogP contribution in [0.15, 0.2) is 16.6 Å². The van der Waals surface area contributed by atoms with Crippen LogP contribution in [-0.4, -0.2) is 23.9 Å². The molecular weight excluding hydrogens is 219 g/mol. The first-order valence-corrected chi connectivity index (χ1v) is 3.81. The van der Waals surface area contributed by atoms with Crippen LogP contribution in [0.2, 0.25) is 0 Å². The summed E-state index contributed by atoms with van der Waals surface area (Å²) in [5.74, 6) is -2.83. The quantitative estimate of drug-likeness (QED) is 0.345. The van der Waals surface area contributed by atoms with Gasteiger partial charge >= 0.3 is 12.1 Å². The number of ether oxygens (including phenoxy) is 1. The van der Waals surface area contributed by atoms with E-state index >= 15 is 0 Å². The zero-order valence-electron chi connectivity index (χ0n) is 7.67. The Morgan fingerprint density at radius 1 is 1.47 bits per heavy atom. The number of hydrogen-bond donors (Lipinski definition) is 1. The molecule has 0 amide bonds. The van der Waals surface area contributed by atoms with E-state index in [0.29, 0.717) is 0 Å². The number of hydrogen-bond acceptors (Lipinski definition) is 5. The minimum atomic E-state index is -4.73. The van der Waals surface area contributed by atoms with Crippen molar-refractivity contribution >= 4 is 5.97 Å². The summed E-state index contributed by atoms with van der Waals surface area (Å²) in [6.07, 6.45) is -6.53. The summed E-state index contributed by atoms with van der Waals surface area (Å²) in [5, 5.41) is 10.8. The first kappa shape index (κ1) is 13.4. The van der Waals surface area contributed by atoms with Crippen molar-refractivity contribution in [3.8, 4) is 0 Å². The van der Waals surface area contributed by atoms with Crippen LogP contribution in [0.4, 0.5) is 13.2 Å². The van der Waals surface area contributed by atoms with E-state index in [1.807, 2.05) is 5.18 Å². The Morgan fingerprint density at radius 3 is 2.33 bits per heavy atom. The predicted octanol–water partition coefficient (Wildman–Crippen LogP) is 2.04. The van der Waals surface area contributed by atoms with Crippen molar-refractivity contribution in [1.29, 1.82) is 0 Å². The molecule has 0 radical (unpaired) electrons. The molecule has 0 aliphatic heterocycles. The third kappa shape index (κ3) is 4.99. The summed E-state index contributed by atoms with van der Waals surface area (Å²) >= 11 is 0. The molecule has 0 aliphatic rings. The minimum absolute atomic E-state index is 0.142. The van der Waals surface area contributed by atoms with Crippen LogP contribution in [0.3, 0.4) is 0 Å². The fraction of sp³-hybridized carbons (Fsp3) is 0.571. The Bertz CT molecular complexity index is 284. The third-order valence-electron chi connectivity index (χ3n) is 1.20. The first-order valence-electron chi connectivity index (χ1n) is 3.81. The van der Waals surface area contributed by atoms with Gasteiger partial charge in [-0.25, -0.2) is 4.79 Å². The molecule has 0 rings (SSSR count). The molecule has 0 aromatic rings. The predicted molar refractivity (Wildman–Crippen MR) is 42.8 cm³/mol. The molecule has 0 saturated carbocycles. The van der Waals surface area contributed by atoms with Gasteiger partial charge in [0.25, 0.3) is 0 Å². The molecule has 0 saturated heterocycles. The second-order valence-electron chi connectivity index (χ2n) is 2.40. The van der Waals surface area contributed by atoms with Crippen LogP contribution in [0, 0.1) is 4.91 Å². The number of aliphatic hydroxyl groups is 1. The number of carbonyl (C=O) groups excluding carboxylic acids is 1. The van der Waals surface area contributed by atoms with E-state index < -0.39 is 30.0 Å². The van der Waals surface area contributed by atoms with Crippen LogP contribution < -0.4 is 0 Å². The highest BCUT2D eigenvalue weighted by Gasteiger charge is 2.32. The maximum Gasteiger partial charge on any atom is 0.396 e. The topological polar surface area (TPSA) is 76.0 Å². The van der Waals surface area contributed by atoms with Gasteiger partial charge in [0.1, 0.15) is 12.2 Å². The Hall–Kier alpha value is -1.60. The summed E-state index contributed by atoms with van der Waals surface area (Å²) in [6, 6.07) is 0. The number of alkyl halides is 3. The third-order valence-corrected chi connectivity index (χ3v) is 1.20. The Morgan fingerprint density at radius 2 is 2.00 bits per heavy atom. The van der Waals surface area contributed by atoms with E-state index in [9.17, 15) is 22.9 Å². The second kappa shape index (κ2) is 5.32. The van der Waals surface area contributed by atoms with Crippen molar-refractivity contribution < 1.29 is 27.8 Å². The van der Waals surface area contributed by atoms with Gasteiger partial charge in [0.05, 0.1) is 6.61 Å². The zero-order chi connectivity index (χ0) is 12.1. The van der Waals surface area contributed by atoms with Gasteiger partial charge in [0.2, 0.25) is 5.70 Å². The average molecular weight is 227 g/mol. The van der Waals surface area contributed by atoms with Crippen molar-refractivity contribution in [2.75, 3.05) is 6.61 Å². The summed E-state index contributed by atoms with van der Waals surface area (Å²) in [4.78, 5) is 20.8. The summed E-state index contributed by atoms with van der Waals surface area (Å²) in [6.45, 7) is 1.25. The number of carbonyl (C=O) groups is 1. The summed E-state index contributed by atoms with van der Waals surface area (Å²) in [5.41, 5.74) is -1.26. The number of halogens is 3. The van der Waals surface area contributed by atoms with Gasteiger partial charge in [0, 0.05) is 0 Å². The van der Waals surface area contributed by atoms with Gasteiger partial charge in [-0.1, -0.05) is 0 Å². The lowest BCUT2D eigenvalue weighted by molar-refractivity contribution is -0.140. The smallest absolute Gasteiger partial charge is 0.396 e. The lowest BCUT2D eigenvalue weighted by Crippen LogP contribution is -2.14. The zero-order valence-corrected chi connectivity index (χ0v) is 7.67. The molecule has 15 heavy (non-hydrogen) atoms. The van der Waals surface area contributed by atoms with E-state index in [4.69, 9.17) is 5.11 Å². The molecule has 5 nitrogen and oxygen atoms in total. The molecule has 0 unspecified atom stereocenters. The molecule has 0 atom stereocenters. The maximum absolute atomic E-state index is 11.8. The van der Waals surface area contributed by atoms with Gasteiger partial charge in [-0.3, -0.25) is 0 Å². The standard InChI is InChI=1S/C7H8F3NO4/c1-2-15-6(13)5(11-14)4(12)3-7(8,9)10/h12H,2-3H2,1H3/b5-4+. The van der Waals surface area contributed by atoms with E-state index in [1.54, 1.807) is 0 Å². The molecule has 1 N–H and O–H groups in total. The number of rotatable bonds is 4. The number of esters is 1. The molecule has 0 spiro atoms. The Balaban J connectivity index is 4.82. The van der Waals surface area contributed by atoms with Crippen LogP contribution in [0.5, 0.6) is 0 Å². The average Bonchev–Trinajstić information content (AvgIpc) is 2.02. The van der Waals surface area contributed by atoms with Gasteiger partial charge in [0.15, 0.2) is 0 Å². The summed E-state index contributed by atoms with van der Waals surface area (Å²) in [7, 11) is 0. The highest BCUT2D eigenvalue weighted by molar-refractivity contribution is 5.88. The molecule has 0 bridgehead atoms. The molecular formula is C7H8F3NO4. The van der Waals surface area contributed by atoms with E-state index in [1.165, 1.54) is 6.92 Å². The van der Waals surface area contributed by atoms with Crippen molar-refractivity contribution in [2.45, 2.75) is 19.5 Å². The molecule has 0 aliphatic carbocycles. The van der Waals surface area contributed by atoms with E-state index in [-0.39, 0.29) is 6.61 Å². The molecule has 86 valence electrons. The van der Waals surface area contributed by atoms with Crippen molar-refractivity contribution in [3.05, 3.63) is 16.4 Å². The van der Waals surface area contributed by atoms with Crippen LogP contribution >= 0.6 is 0 Å². The van der Waals surface area contributed by atoms with Gasteiger partial charge < -0.3 is 9.84 Å². The fourth-order valence-electron chi connectivity index (χ4n) is 0.681. The van der Waals surface area contributed by atoms with E-state index in [2.05, 4.69) is 4.74 Å². The largest absolute Gasteiger partial charge is 0.509 e. The number of aliphatic hydroxyl groups excluding tert-OH is 1. The molecule has 0 aromatic heterocycles.